The molecule has 2 aliphatic rings. The molecule has 1 aliphatic heterocycles. The third-order valence-electron chi connectivity index (χ3n) is 5.10. The Bertz CT molecular complexity index is 350. The molecule has 0 aromatic rings. The topological polar surface area (TPSA) is 63.4 Å². The van der Waals surface area contributed by atoms with Crippen molar-refractivity contribution in [2.45, 2.75) is 70.8 Å². The number of amides is 2. The highest BCUT2D eigenvalue weighted by Crippen LogP contribution is 2.28. The van der Waals surface area contributed by atoms with Gasteiger partial charge >= 0.3 is 0 Å². The average molecular weight is 280 g/mol. The minimum absolute atomic E-state index is 0.148. The van der Waals surface area contributed by atoms with E-state index >= 15 is 0 Å². The van der Waals surface area contributed by atoms with Crippen molar-refractivity contribution in [1.82, 2.24) is 4.90 Å². The van der Waals surface area contributed by atoms with Gasteiger partial charge in [0.1, 0.15) is 0 Å². The van der Waals surface area contributed by atoms with Gasteiger partial charge in [0, 0.05) is 19.0 Å². The van der Waals surface area contributed by atoms with Crippen molar-refractivity contribution >= 4 is 11.8 Å². The molecule has 2 unspecified atom stereocenters. The van der Waals surface area contributed by atoms with Crippen LogP contribution in [0.15, 0.2) is 0 Å². The van der Waals surface area contributed by atoms with Gasteiger partial charge in [-0.1, -0.05) is 32.1 Å². The van der Waals surface area contributed by atoms with Crippen LogP contribution >= 0.6 is 0 Å². The van der Waals surface area contributed by atoms with Gasteiger partial charge in [-0.05, 0) is 32.1 Å². The van der Waals surface area contributed by atoms with Crippen LogP contribution in [0.4, 0.5) is 0 Å². The third-order valence-corrected chi connectivity index (χ3v) is 5.10. The molecule has 1 heterocycles. The van der Waals surface area contributed by atoms with Crippen LogP contribution in [-0.2, 0) is 9.59 Å². The second kappa shape index (κ2) is 7.09. The third kappa shape index (κ3) is 3.97. The van der Waals surface area contributed by atoms with E-state index in [4.69, 9.17) is 5.73 Å². The van der Waals surface area contributed by atoms with Crippen molar-refractivity contribution in [1.29, 1.82) is 0 Å². The molecule has 0 aromatic carbocycles. The van der Waals surface area contributed by atoms with Gasteiger partial charge in [-0.3, -0.25) is 9.59 Å². The number of primary amides is 1. The first-order valence-corrected chi connectivity index (χ1v) is 8.16. The summed E-state index contributed by atoms with van der Waals surface area (Å²) in [6.45, 7) is 2.61. The lowest BCUT2D eigenvalue weighted by atomic mass is 9.85. The van der Waals surface area contributed by atoms with E-state index < -0.39 is 0 Å². The lowest BCUT2D eigenvalue weighted by molar-refractivity contribution is -0.137. The molecule has 0 bridgehead atoms. The minimum atomic E-state index is -0.262. The Hall–Kier alpha value is -1.06. The molecule has 1 saturated heterocycles. The molecule has 1 aliphatic carbocycles. The quantitative estimate of drug-likeness (QED) is 0.859. The summed E-state index contributed by atoms with van der Waals surface area (Å²) in [6, 6.07) is 0.254. The smallest absolute Gasteiger partial charge is 0.222 e. The minimum Gasteiger partial charge on any atom is -0.369 e. The Kier molecular flexibility index (Phi) is 5.44. The fourth-order valence-electron chi connectivity index (χ4n) is 3.63. The van der Waals surface area contributed by atoms with Crippen LogP contribution in [0.2, 0.25) is 0 Å². The molecule has 0 spiro atoms. The Morgan fingerprint density at radius 1 is 1.10 bits per heavy atom. The van der Waals surface area contributed by atoms with Crippen LogP contribution in [0.25, 0.3) is 0 Å². The van der Waals surface area contributed by atoms with Crippen molar-refractivity contribution in [3.8, 4) is 0 Å². The summed E-state index contributed by atoms with van der Waals surface area (Å²) in [5, 5.41) is 0. The van der Waals surface area contributed by atoms with Gasteiger partial charge in [0.25, 0.3) is 0 Å². The van der Waals surface area contributed by atoms with Gasteiger partial charge < -0.3 is 10.6 Å². The van der Waals surface area contributed by atoms with Crippen molar-refractivity contribution < 1.29 is 9.59 Å². The first kappa shape index (κ1) is 15.3. The number of hydrogen-bond donors (Lipinski definition) is 1. The van der Waals surface area contributed by atoms with Crippen molar-refractivity contribution in [2.24, 2.45) is 17.6 Å². The fraction of sp³-hybridized carbons (Fsp3) is 0.875. The zero-order valence-electron chi connectivity index (χ0n) is 12.6. The summed E-state index contributed by atoms with van der Waals surface area (Å²) in [5.41, 5.74) is 5.39. The largest absolute Gasteiger partial charge is 0.369 e. The van der Waals surface area contributed by atoms with Gasteiger partial charge in [0.05, 0.1) is 5.92 Å². The summed E-state index contributed by atoms with van der Waals surface area (Å²) in [4.78, 5) is 25.6. The highest BCUT2D eigenvalue weighted by molar-refractivity contribution is 5.80. The van der Waals surface area contributed by atoms with Crippen LogP contribution in [0.5, 0.6) is 0 Å². The van der Waals surface area contributed by atoms with Crippen LogP contribution in [-0.4, -0.2) is 29.3 Å². The molecule has 2 N–H and O–H groups in total. The highest BCUT2D eigenvalue weighted by Gasteiger charge is 2.31. The molecule has 2 fully saturated rings. The monoisotopic (exact) mass is 280 g/mol. The van der Waals surface area contributed by atoms with Crippen molar-refractivity contribution in [3.63, 3.8) is 0 Å². The number of carbonyl (C=O) groups excluding carboxylic acids is 2. The molecule has 114 valence electrons. The molecule has 2 rings (SSSR count). The maximum atomic E-state index is 12.4. The molecule has 0 aromatic heterocycles. The lowest BCUT2D eigenvalue weighted by Crippen LogP contribution is -2.48. The second-order valence-electron chi connectivity index (χ2n) is 6.61. The summed E-state index contributed by atoms with van der Waals surface area (Å²) < 4.78 is 0. The molecule has 4 nitrogen and oxygen atoms in total. The number of likely N-dealkylation sites (tertiary alicyclic amines) is 1. The van der Waals surface area contributed by atoms with Crippen LogP contribution in [0.1, 0.15) is 64.7 Å². The van der Waals surface area contributed by atoms with E-state index in [1.807, 2.05) is 4.90 Å². The number of nitrogens with zero attached hydrogens (tertiary/aromatic N) is 1. The molecule has 2 amide bonds. The summed E-state index contributed by atoms with van der Waals surface area (Å²) in [6.07, 6.45) is 9.94. The van der Waals surface area contributed by atoms with Gasteiger partial charge in [-0.15, -0.1) is 0 Å². The van der Waals surface area contributed by atoms with Gasteiger partial charge in [0.2, 0.25) is 11.8 Å². The predicted molar refractivity (Wildman–Crippen MR) is 78.9 cm³/mol. The van der Waals surface area contributed by atoms with E-state index in [-0.39, 0.29) is 23.8 Å². The molecule has 0 radical (unpaired) electrons. The van der Waals surface area contributed by atoms with E-state index in [1.54, 1.807) is 0 Å². The van der Waals surface area contributed by atoms with Gasteiger partial charge in [-0.25, -0.2) is 0 Å². The number of hydrogen-bond acceptors (Lipinski definition) is 2. The van der Waals surface area contributed by atoms with E-state index in [0.29, 0.717) is 13.0 Å². The first-order valence-electron chi connectivity index (χ1n) is 8.16. The molecule has 4 heteroatoms. The molecule has 1 saturated carbocycles. The summed E-state index contributed by atoms with van der Waals surface area (Å²) in [5.74, 6) is 0.542. The lowest BCUT2D eigenvalue weighted by Gasteiger charge is -2.37. The maximum absolute atomic E-state index is 12.4. The van der Waals surface area contributed by atoms with E-state index in [9.17, 15) is 9.59 Å². The Balaban J connectivity index is 1.81. The first-order chi connectivity index (χ1) is 9.58. The van der Waals surface area contributed by atoms with Gasteiger partial charge in [-0.2, -0.15) is 0 Å². The number of rotatable bonds is 4. The maximum Gasteiger partial charge on any atom is 0.222 e. The van der Waals surface area contributed by atoms with E-state index in [1.165, 1.54) is 32.1 Å². The van der Waals surface area contributed by atoms with Gasteiger partial charge in [0.15, 0.2) is 0 Å². The van der Waals surface area contributed by atoms with Crippen molar-refractivity contribution in [3.05, 3.63) is 0 Å². The summed E-state index contributed by atoms with van der Waals surface area (Å²) in [7, 11) is 0. The number of nitrogens with two attached hydrogens (primary N) is 1. The Labute approximate surface area is 122 Å². The normalized spacial score (nSPS) is 28.4. The molecule has 20 heavy (non-hydrogen) atoms. The summed E-state index contributed by atoms with van der Waals surface area (Å²) >= 11 is 0. The second-order valence-corrected chi connectivity index (χ2v) is 6.61. The highest BCUT2D eigenvalue weighted by atomic mass is 16.2. The van der Waals surface area contributed by atoms with Crippen LogP contribution < -0.4 is 5.73 Å². The number of piperidine rings is 1. The zero-order chi connectivity index (χ0) is 14.5. The Morgan fingerprint density at radius 2 is 1.80 bits per heavy atom. The Morgan fingerprint density at radius 3 is 2.45 bits per heavy atom. The molecular formula is C16H28N2O2. The average Bonchev–Trinajstić information content (AvgIpc) is 2.46. The van der Waals surface area contributed by atoms with E-state index in [2.05, 4.69) is 6.92 Å². The number of carbonyl (C=O) groups is 2. The van der Waals surface area contributed by atoms with Crippen molar-refractivity contribution in [2.75, 3.05) is 6.54 Å². The fourth-order valence-corrected chi connectivity index (χ4v) is 3.63. The standard InChI is InChI=1S/C16H28N2O2/c1-12-7-9-14(16(17)20)11-18(12)15(19)10-8-13-5-3-2-4-6-13/h12-14H,2-11H2,1H3,(H2,17,20). The molecular weight excluding hydrogens is 252 g/mol. The zero-order valence-corrected chi connectivity index (χ0v) is 12.6. The van der Waals surface area contributed by atoms with Crippen LogP contribution in [0.3, 0.4) is 0 Å². The predicted octanol–water partition coefficient (Wildman–Crippen LogP) is 2.46. The molecule has 2 atom stereocenters. The SMILES string of the molecule is CC1CCC(C(N)=O)CN1C(=O)CCC1CCCCC1. The van der Waals surface area contributed by atoms with Crippen LogP contribution in [0, 0.1) is 11.8 Å². The van der Waals surface area contributed by atoms with E-state index in [0.717, 1.165) is 25.2 Å².